The first-order valence-electron chi connectivity index (χ1n) is 5.69. The lowest BCUT2D eigenvalue weighted by molar-refractivity contribution is 0.182. The van der Waals surface area contributed by atoms with Gasteiger partial charge in [0.05, 0.1) is 13.2 Å². The number of methoxy groups -OCH3 is 2. The summed E-state index contributed by atoms with van der Waals surface area (Å²) in [7, 11) is 3.13. The lowest BCUT2D eigenvalue weighted by Crippen LogP contribution is -2.13. The highest BCUT2D eigenvalue weighted by Gasteiger charge is 2.16. The Bertz CT molecular complexity index is 531. The third-order valence-electron chi connectivity index (χ3n) is 2.47. The van der Waals surface area contributed by atoms with E-state index in [1.165, 1.54) is 13.4 Å². The van der Waals surface area contributed by atoms with Gasteiger partial charge in [0.15, 0.2) is 0 Å². The van der Waals surface area contributed by atoms with Gasteiger partial charge in [0, 0.05) is 19.8 Å². The van der Waals surface area contributed by atoms with Crippen LogP contribution in [-0.2, 0) is 4.74 Å². The number of hydrogen-bond acceptors (Lipinski definition) is 8. The molecule has 2 heterocycles. The van der Waals surface area contributed by atoms with Crippen LogP contribution in [0.4, 0.5) is 0 Å². The SMILES string of the molecule is COCCC(N)c1nc(-c2cc(OC)ncn2)no1. The first kappa shape index (κ1) is 13.4. The molecule has 0 saturated carbocycles. The van der Waals surface area contributed by atoms with Crippen LogP contribution in [0, 0.1) is 0 Å². The second kappa shape index (κ2) is 6.21. The van der Waals surface area contributed by atoms with Crippen LogP contribution in [0.5, 0.6) is 5.88 Å². The highest BCUT2D eigenvalue weighted by atomic mass is 16.5. The molecule has 0 aliphatic rings. The van der Waals surface area contributed by atoms with Crippen LogP contribution >= 0.6 is 0 Å². The van der Waals surface area contributed by atoms with Gasteiger partial charge in [-0.15, -0.1) is 0 Å². The van der Waals surface area contributed by atoms with Gasteiger partial charge in [-0.2, -0.15) is 4.98 Å². The molecule has 0 bridgehead atoms. The number of nitrogens with zero attached hydrogens (tertiary/aromatic N) is 4. The molecule has 8 nitrogen and oxygen atoms in total. The van der Waals surface area contributed by atoms with Gasteiger partial charge in [-0.3, -0.25) is 0 Å². The Labute approximate surface area is 110 Å². The quantitative estimate of drug-likeness (QED) is 0.807. The van der Waals surface area contributed by atoms with Gasteiger partial charge in [-0.05, 0) is 6.42 Å². The molecule has 1 atom stereocenters. The Morgan fingerprint density at radius 3 is 2.95 bits per heavy atom. The van der Waals surface area contributed by atoms with Crippen LogP contribution in [0.15, 0.2) is 16.9 Å². The number of aromatic nitrogens is 4. The van der Waals surface area contributed by atoms with E-state index in [4.69, 9.17) is 19.7 Å². The summed E-state index contributed by atoms with van der Waals surface area (Å²) < 4.78 is 15.1. The van der Waals surface area contributed by atoms with Gasteiger partial charge in [-0.25, -0.2) is 9.97 Å². The molecule has 0 amide bonds. The van der Waals surface area contributed by atoms with Gasteiger partial charge < -0.3 is 19.7 Å². The Morgan fingerprint density at radius 1 is 1.37 bits per heavy atom. The summed E-state index contributed by atoms with van der Waals surface area (Å²) >= 11 is 0. The Hall–Kier alpha value is -2.06. The highest BCUT2D eigenvalue weighted by Crippen LogP contribution is 2.19. The van der Waals surface area contributed by atoms with Crippen molar-refractivity contribution in [3.63, 3.8) is 0 Å². The maximum Gasteiger partial charge on any atom is 0.244 e. The Kier molecular flexibility index (Phi) is 4.37. The maximum atomic E-state index is 5.89. The fraction of sp³-hybridized carbons (Fsp3) is 0.455. The van der Waals surface area contributed by atoms with Crippen LogP contribution in [0.2, 0.25) is 0 Å². The summed E-state index contributed by atoms with van der Waals surface area (Å²) in [6, 6.07) is 1.26. The van der Waals surface area contributed by atoms with E-state index in [0.29, 0.717) is 36.3 Å². The minimum atomic E-state index is -0.357. The smallest absolute Gasteiger partial charge is 0.244 e. The minimum Gasteiger partial charge on any atom is -0.481 e. The molecule has 0 saturated heterocycles. The van der Waals surface area contributed by atoms with E-state index in [9.17, 15) is 0 Å². The topological polar surface area (TPSA) is 109 Å². The number of ether oxygens (including phenoxy) is 2. The van der Waals surface area contributed by atoms with E-state index >= 15 is 0 Å². The standard InChI is InChI=1S/C11H15N5O3/c1-17-4-3-7(12)11-15-10(16-19-11)8-5-9(18-2)14-6-13-8/h5-7H,3-4,12H2,1-2H3. The summed E-state index contributed by atoms with van der Waals surface area (Å²) in [6.07, 6.45) is 1.97. The molecule has 19 heavy (non-hydrogen) atoms. The molecule has 0 aromatic carbocycles. The van der Waals surface area contributed by atoms with E-state index in [1.807, 2.05) is 0 Å². The zero-order chi connectivity index (χ0) is 13.7. The maximum absolute atomic E-state index is 5.89. The molecule has 2 aromatic heterocycles. The molecule has 1 unspecified atom stereocenters. The molecule has 0 radical (unpaired) electrons. The second-order valence-corrected chi connectivity index (χ2v) is 3.79. The number of nitrogens with two attached hydrogens (primary N) is 1. The Balaban J connectivity index is 2.15. The molecule has 0 spiro atoms. The molecule has 0 aliphatic carbocycles. The summed E-state index contributed by atoms with van der Waals surface area (Å²) in [4.78, 5) is 12.2. The van der Waals surface area contributed by atoms with Crippen LogP contribution in [-0.4, -0.2) is 40.9 Å². The van der Waals surface area contributed by atoms with Crippen molar-refractivity contribution in [2.24, 2.45) is 5.73 Å². The van der Waals surface area contributed by atoms with E-state index in [2.05, 4.69) is 20.1 Å². The second-order valence-electron chi connectivity index (χ2n) is 3.79. The molecule has 0 aliphatic heterocycles. The van der Waals surface area contributed by atoms with E-state index in [-0.39, 0.29) is 6.04 Å². The summed E-state index contributed by atoms with van der Waals surface area (Å²) in [5.41, 5.74) is 6.41. The first-order valence-corrected chi connectivity index (χ1v) is 5.69. The largest absolute Gasteiger partial charge is 0.481 e. The van der Waals surface area contributed by atoms with Crippen molar-refractivity contribution >= 4 is 0 Å². The van der Waals surface area contributed by atoms with Crippen LogP contribution in [0.25, 0.3) is 11.5 Å². The van der Waals surface area contributed by atoms with Crippen LogP contribution < -0.4 is 10.5 Å². The van der Waals surface area contributed by atoms with Gasteiger partial charge in [0.1, 0.15) is 12.0 Å². The monoisotopic (exact) mass is 265 g/mol. The summed E-state index contributed by atoms with van der Waals surface area (Å²) in [6.45, 7) is 0.528. The average Bonchev–Trinajstić information content (AvgIpc) is 2.94. The van der Waals surface area contributed by atoms with Crippen molar-refractivity contribution in [2.45, 2.75) is 12.5 Å². The lowest BCUT2D eigenvalue weighted by Gasteiger charge is -2.04. The van der Waals surface area contributed by atoms with Gasteiger partial charge in [0.2, 0.25) is 17.6 Å². The third-order valence-corrected chi connectivity index (χ3v) is 2.47. The van der Waals surface area contributed by atoms with Crippen molar-refractivity contribution in [2.75, 3.05) is 20.8 Å². The van der Waals surface area contributed by atoms with Gasteiger partial charge in [0.25, 0.3) is 0 Å². The molecular formula is C11H15N5O3. The van der Waals surface area contributed by atoms with Crippen LogP contribution in [0.3, 0.4) is 0 Å². The predicted octanol–water partition coefficient (Wildman–Crippen LogP) is 0.572. The summed E-state index contributed by atoms with van der Waals surface area (Å²) in [5, 5.41) is 3.84. The van der Waals surface area contributed by atoms with Crippen molar-refractivity contribution < 1.29 is 14.0 Å². The van der Waals surface area contributed by atoms with E-state index < -0.39 is 0 Å². The minimum absolute atomic E-state index is 0.351. The highest BCUT2D eigenvalue weighted by molar-refractivity contribution is 5.49. The van der Waals surface area contributed by atoms with Gasteiger partial charge in [-0.1, -0.05) is 5.16 Å². The number of rotatable bonds is 6. The summed E-state index contributed by atoms with van der Waals surface area (Å²) in [5.74, 6) is 1.13. The van der Waals surface area contributed by atoms with E-state index in [0.717, 1.165) is 0 Å². The molecule has 102 valence electrons. The predicted molar refractivity (Wildman–Crippen MR) is 65.3 cm³/mol. The van der Waals surface area contributed by atoms with Gasteiger partial charge >= 0.3 is 0 Å². The third kappa shape index (κ3) is 3.24. The fourth-order valence-corrected chi connectivity index (χ4v) is 1.43. The molecule has 2 N–H and O–H groups in total. The average molecular weight is 265 g/mol. The molecule has 8 heteroatoms. The fourth-order valence-electron chi connectivity index (χ4n) is 1.43. The Morgan fingerprint density at radius 2 is 2.21 bits per heavy atom. The molecule has 2 aromatic rings. The lowest BCUT2D eigenvalue weighted by atomic mass is 10.2. The normalized spacial score (nSPS) is 12.4. The van der Waals surface area contributed by atoms with Crippen molar-refractivity contribution in [1.82, 2.24) is 20.1 Å². The zero-order valence-electron chi connectivity index (χ0n) is 10.7. The molecule has 0 fully saturated rings. The van der Waals surface area contributed by atoms with E-state index in [1.54, 1.807) is 13.2 Å². The molecular weight excluding hydrogens is 250 g/mol. The number of hydrogen-bond donors (Lipinski definition) is 1. The molecule has 2 rings (SSSR count). The van der Waals surface area contributed by atoms with Crippen molar-refractivity contribution in [3.8, 4) is 17.4 Å². The first-order chi connectivity index (χ1) is 9.24. The van der Waals surface area contributed by atoms with Crippen molar-refractivity contribution in [1.29, 1.82) is 0 Å². The van der Waals surface area contributed by atoms with Crippen LogP contribution in [0.1, 0.15) is 18.4 Å². The van der Waals surface area contributed by atoms with Crippen molar-refractivity contribution in [3.05, 3.63) is 18.3 Å². The zero-order valence-corrected chi connectivity index (χ0v) is 10.7.